The van der Waals surface area contributed by atoms with Crippen LogP contribution in [0.25, 0.3) is 0 Å². The Kier molecular flexibility index (Phi) is 5.86. The largest absolute Gasteiger partial charge is 0.477 e. The molecule has 1 aromatic rings. The Morgan fingerprint density at radius 3 is 2.65 bits per heavy atom. The van der Waals surface area contributed by atoms with E-state index in [1.165, 1.54) is 0 Å². The van der Waals surface area contributed by atoms with E-state index in [0.717, 1.165) is 12.8 Å². The Bertz CT molecular complexity index is 370. The van der Waals surface area contributed by atoms with Gasteiger partial charge in [0.25, 0.3) is 0 Å². The molecular formula is C12H18Cl2N2O. The predicted octanol–water partition coefficient (Wildman–Crippen LogP) is 4.25. The third-order valence-corrected chi connectivity index (χ3v) is 2.86. The number of aromatic nitrogens is 1. The maximum absolute atomic E-state index is 6.00. The first-order valence-corrected chi connectivity index (χ1v) is 6.46. The molecule has 0 fully saturated rings. The smallest absolute Gasteiger partial charge is 0.234 e. The minimum atomic E-state index is 0.434. The fourth-order valence-corrected chi connectivity index (χ4v) is 1.89. The molecule has 0 radical (unpaired) electrons. The second kappa shape index (κ2) is 6.92. The zero-order valence-corrected chi connectivity index (χ0v) is 11.9. The molecule has 0 unspecified atom stereocenters. The molecule has 0 spiro atoms. The van der Waals surface area contributed by atoms with Crippen LogP contribution >= 0.6 is 23.2 Å². The number of anilines is 1. The van der Waals surface area contributed by atoms with Crippen molar-refractivity contribution in [3.05, 3.63) is 16.1 Å². The summed E-state index contributed by atoms with van der Waals surface area (Å²) in [5, 5.41) is 3.83. The molecule has 0 aliphatic heterocycles. The van der Waals surface area contributed by atoms with Crippen LogP contribution in [0.5, 0.6) is 5.88 Å². The summed E-state index contributed by atoms with van der Waals surface area (Å²) in [7, 11) is 1.75. The van der Waals surface area contributed by atoms with Crippen molar-refractivity contribution in [1.29, 1.82) is 0 Å². The van der Waals surface area contributed by atoms with Gasteiger partial charge in [-0.25, -0.2) is 0 Å². The van der Waals surface area contributed by atoms with E-state index in [2.05, 4.69) is 24.1 Å². The first-order chi connectivity index (χ1) is 8.04. The molecule has 1 N–H and O–H groups in total. The molecule has 0 atom stereocenters. The standard InChI is InChI=1S/C12H18Cl2N2O/c1-8(2)5-4-6-17-12-10(14)7-9(13)11(15-3)16-12/h7-8H,4-6H2,1-3H3,(H,15,16). The van der Waals surface area contributed by atoms with Crippen molar-refractivity contribution in [1.82, 2.24) is 4.98 Å². The van der Waals surface area contributed by atoms with Gasteiger partial charge in [0.05, 0.1) is 11.6 Å². The minimum Gasteiger partial charge on any atom is -0.477 e. The minimum absolute atomic E-state index is 0.434. The average molecular weight is 277 g/mol. The van der Waals surface area contributed by atoms with Gasteiger partial charge in [-0.15, -0.1) is 0 Å². The van der Waals surface area contributed by atoms with Gasteiger partial charge in [-0.2, -0.15) is 4.98 Å². The Hall–Kier alpha value is -0.670. The Balaban J connectivity index is 2.58. The Morgan fingerprint density at radius 1 is 1.35 bits per heavy atom. The predicted molar refractivity (Wildman–Crippen MR) is 73.4 cm³/mol. The van der Waals surface area contributed by atoms with Gasteiger partial charge in [-0.05, 0) is 24.8 Å². The summed E-state index contributed by atoms with van der Waals surface area (Å²) in [6.07, 6.45) is 2.12. The Morgan fingerprint density at radius 2 is 2.06 bits per heavy atom. The van der Waals surface area contributed by atoms with Crippen molar-refractivity contribution >= 4 is 29.0 Å². The van der Waals surface area contributed by atoms with E-state index in [9.17, 15) is 0 Å². The van der Waals surface area contributed by atoms with Crippen molar-refractivity contribution in [3.63, 3.8) is 0 Å². The topological polar surface area (TPSA) is 34.2 Å². The van der Waals surface area contributed by atoms with Gasteiger partial charge in [-0.3, -0.25) is 0 Å². The molecule has 1 rings (SSSR count). The van der Waals surface area contributed by atoms with E-state index in [1.54, 1.807) is 13.1 Å². The van der Waals surface area contributed by atoms with Gasteiger partial charge in [0.15, 0.2) is 0 Å². The van der Waals surface area contributed by atoms with E-state index >= 15 is 0 Å². The SMILES string of the molecule is CNc1nc(OCCCC(C)C)c(Cl)cc1Cl. The number of ether oxygens (including phenoxy) is 1. The average Bonchev–Trinajstić information content (AvgIpc) is 2.26. The van der Waals surface area contributed by atoms with E-state index < -0.39 is 0 Å². The normalized spacial score (nSPS) is 10.7. The van der Waals surface area contributed by atoms with E-state index in [-0.39, 0.29) is 0 Å². The highest BCUT2D eigenvalue weighted by Crippen LogP contribution is 2.30. The van der Waals surface area contributed by atoms with Crippen molar-refractivity contribution in [2.75, 3.05) is 19.0 Å². The molecule has 5 heteroatoms. The molecule has 0 amide bonds. The third kappa shape index (κ3) is 4.60. The van der Waals surface area contributed by atoms with Gasteiger partial charge in [0, 0.05) is 7.05 Å². The quantitative estimate of drug-likeness (QED) is 0.789. The number of nitrogens with zero attached hydrogens (tertiary/aromatic N) is 1. The van der Waals surface area contributed by atoms with Crippen molar-refractivity contribution in [3.8, 4) is 5.88 Å². The summed E-state index contributed by atoms with van der Waals surface area (Å²) in [5.74, 6) is 1.69. The van der Waals surface area contributed by atoms with Crippen LogP contribution in [0.2, 0.25) is 10.0 Å². The highest BCUT2D eigenvalue weighted by atomic mass is 35.5. The van der Waals surface area contributed by atoms with Crippen molar-refractivity contribution in [2.45, 2.75) is 26.7 Å². The first kappa shape index (κ1) is 14.4. The molecule has 17 heavy (non-hydrogen) atoms. The lowest BCUT2D eigenvalue weighted by Crippen LogP contribution is -2.03. The summed E-state index contributed by atoms with van der Waals surface area (Å²) >= 11 is 11.9. The van der Waals surface area contributed by atoms with Crippen LogP contribution in [0.3, 0.4) is 0 Å². The fraction of sp³-hybridized carbons (Fsp3) is 0.583. The second-order valence-electron chi connectivity index (χ2n) is 4.24. The lowest BCUT2D eigenvalue weighted by atomic mass is 10.1. The van der Waals surface area contributed by atoms with Gasteiger partial charge in [0.2, 0.25) is 5.88 Å². The molecule has 96 valence electrons. The molecule has 0 saturated heterocycles. The van der Waals surface area contributed by atoms with Crippen LogP contribution in [-0.2, 0) is 0 Å². The molecule has 1 aromatic heterocycles. The first-order valence-electron chi connectivity index (χ1n) is 5.71. The lowest BCUT2D eigenvalue weighted by Gasteiger charge is -2.10. The number of pyridine rings is 1. The second-order valence-corrected chi connectivity index (χ2v) is 5.05. The summed E-state index contributed by atoms with van der Waals surface area (Å²) < 4.78 is 5.54. The number of halogens is 2. The van der Waals surface area contributed by atoms with Gasteiger partial charge >= 0.3 is 0 Å². The van der Waals surface area contributed by atoms with Crippen LogP contribution in [-0.4, -0.2) is 18.6 Å². The number of hydrogen-bond donors (Lipinski definition) is 1. The third-order valence-electron chi connectivity index (χ3n) is 2.30. The molecular weight excluding hydrogens is 259 g/mol. The monoisotopic (exact) mass is 276 g/mol. The van der Waals surface area contributed by atoms with Crippen molar-refractivity contribution in [2.24, 2.45) is 5.92 Å². The molecule has 0 aromatic carbocycles. The van der Waals surface area contributed by atoms with Crippen LogP contribution in [0.4, 0.5) is 5.82 Å². The zero-order chi connectivity index (χ0) is 12.8. The maximum atomic E-state index is 6.00. The molecule has 0 saturated carbocycles. The van der Waals surface area contributed by atoms with Crippen molar-refractivity contribution < 1.29 is 4.74 Å². The molecule has 3 nitrogen and oxygen atoms in total. The molecule has 0 aliphatic rings. The number of hydrogen-bond acceptors (Lipinski definition) is 3. The maximum Gasteiger partial charge on any atom is 0.234 e. The van der Waals surface area contributed by atoms with Gasteiger partial charge in [0.1, 0.15) is 10.8 Å². The van der Waals surface area contributed by atoms with Crippen LogP contribution in [0.15, 0.2) is 6.07 Å². The van der Waals surface area contributed by atoms with Gasteiger partial charge in [-0.1, -0.05) is 37.0 Å². The highest BCUT2D eigenvalue weighted by molar-refractivity contribution is 6.36. The summed E-state index contributed by atoms with van der Waals surface area (Å²) in [6, 6.07) is 1.64. The number of rotatable bonds is 6. The van der Waals surface area contributed by atoms with Crippen LogP contribution in [0.1, 0.15) is 26.7 Å². The zero-order valence-electron chi connectivity index (χ0n) is 10.4. The summed E-state index contributed by atoms with van der Waals surface area (Å²) in [4.78, 5) is 4.21. The highest BCUT2D eigenvalue weighted by Gasteiger charge is 2.09. The van der Waals surface area contributed by atoms with E-state index in [0.29, 0.717) is 34.3 Å². The van der Waals surface area contributed by atoms with E-state index in [4.69, 9.17) is 27.9 Å². The Labute approximate surface area is 112 Å². The summed E-state index contributed by atoms with van der Waals surface area (Å²) in [6.45, 7) is 4.99. The van der Waals surface area contributed by atoms with Crippen LogP contribution < -0.4 is 10.1 Å². The summed E-state index contributed by atoms with van der Waals surface area (Å²) in [5.41, 5.74) is 0. The van der Waals surface area contributed by atoms with Gasteiger partial charge < -0.3 is 10.1 Å². The van der Waals surface area contributed by atoms with E-state index in [1.807, 2.05) is 0 Å². The number of nitrogens with one attached hydrogen (secondary N) is 1. The fourth-order valence-electron chi connectivity index (χ4n) is 1.39. The van der Waals surface area contributed by atoms with Crippen LogP contribution in [0, 0.1) is 5.92 Å². The molecule has 0 bridgehead atoms. The molecule has 0 aliphatic carbocycles. The lowest BCUT2D eigenvalue weighted by molar-refractivity contribution is 0.288. The molecule has 1 heterocycles.